The number of fused-ring (bicyclic) bond motifs is 1. The molecule has 2 aromatic rings. The first kappa shape index (κ1) is 29.7. The fraction of sp³-hybridized carbons (Fsp3) is 0.615. The van der Waals surface area contributed by atoms with Crippen LogP contribution >= 0.6 is 45.1 Å². The van der Waals surface area contributed by atoms with Gasteiger partial charge in [0.25, 0.3) is 0 Å². The maximum atomic E-state index is 11.9. The zero-order chi connectivity index (χ0) is 26.7. The number of nitrogen functional groups attached to an aromatic ring is 1. The maximum absolute atomic E-state index is 11.9. The predicted molar refractivity (Wildman–Crippen MR) is 126 cm³/mol. The minimum Gasteiger partial charge on any atom is -0.475 e. The van der Waals surface area contributed by atoms with Gasteiger partial charge >= 0.3 is 23.5 Å². The van der Waals surface area contributed by atoms with Gasteiger partial charge in [-0.1, -0.05) is 21.6 Å². The van der Waals surface area contributed by atoms with Crippen LogP contribution in [0.1, 0.15) is 12.6 Å². The van der Waals surface area contributed by atoms with Crippen LogP contribution in [0.3, 0.4) is 0 Å². The van der Waals surface area contributed by atoms with Gasteiger partial charge in [0, 0.05) is 12.2 Å². The monoisotopic (exact) mass is 613 g/mol. The van der Waals surface area contributed by atoms with Crippen LogP contribution in [0.5, 0.6) is 5.88 Å². The molecule has 2 aromatic heterocycles. The summed E-state index contributed by atoms with van der Waals surface area (Å²) in [6, 6.07) is 0. The number of hydrogen-bond donors (Lipinski definition) is 6. The highest BCUT2D eigenvalue weighted by atomic mass is 33.1. The molecule has 2 unspecified atom stereocenters. The van der Waals surface area contributed by atoms with E-state index in [-0.39, 0.29) is 29.4 Å². The highest BCUT2D eigenvalue weighted by molar-refractivity contribution is 8.76. The second-order valence-electron chi connectivity index (χ2n) is 6.87. The number of rotatable bonds is 13. The number of nitrogens with two attached hydrogens (primary N) is 1. The van der Waals surface area contributed by atoms with E-state index in [9.17, 15) is 28.6 Å². The number of ether oxygens (including phenoxy) is 2. The molecule has 0 saturated carbocycles. The van der Waals surface area contributed by atoms with E-state index in [1.165, 1.54) is 10.9 Å². The van der Waals surface area contributed by atoms with E-state index in [0.29, 0.717) is 12.4 Å². The number of nitrogens with zero attached hydrogens (tertiary/aromatic N) is 4. The molecule has 1 saturated heterocycles. The van der Waals surface area contributed by atoms with Gasteiger partial charge in [-0.05, 0) is 6.26 Å². The third-order valence-electron chi connectivity index (χ3n) is 4.26. The summed E-state index contributed by atoms with van der Waals surface area (Å²) >= 11 is 0. The van der Waals surface area contributed by atoms with Crippen molar-refractivity contribution in [2.45, 2.75) is 24.9 Å². The lowest BCUT2D eigenvalue weighted by molar-refractivity contribution is -0.0423. The van der Waals surface area contributed by atoms with Crippen molar-refractivity contribution >= 4 is 62.2 Å². The summed E-state index contributed by atoms with van der Waals surface area (Å²) < 4.78 is 58.6. The lowest BCUT2D eigenvalue weighted by atomic mass is 10.2. The van der Waals surface area contributed by atoms with Crippen molar-refractivity contribution in [1.82, 2.24) is 19.5 Å². The minimum atomic E-state index is -5.67. The summed E-state index contributed by atoms with van der Waals surface area (Å²) in [5.41, 5.74) is 6.30. The number of aliphatic hydroxyl groups excluding tert-OH is 1. The molecule has 36 heavy (non-hydrogen) atoms. The van der Waals surface area contributed by atoms with Crippen molar-refractivity contribution in [2.75, 3.05) is 31.0 Å². The number of phosphoric acid groups is 3. The second kappa shape index (κ2) is 11.9. The smallest absolute Gasteiger partial charge is 0.475 e. The maximum Gasteiger partial charge on any atom is 0.490 e. The molecule has 204 valence electrons. The molecule has 0 spiro atoms. The Kier molecular flexibility index (Phi) is 9.85. The normalized spacial score (nSPS) is 24.0. The van der Waals surface area contributed by atoms with Crippen LogP contribution in [-0.4, -0.2) is 81.6 Å². The molecule has 3 rings (SSSR count). The van der Waals surface area contributed by atoms with Crippen LogP contribution in [0.2, 0.25) is 0 Å². The first-order valence-electron chi connectivity index (χ1n) is 9.60. The first-order chi connectivity index (χ1) is 16.7. The van der Waals surface area contributed by atoms with Crippen molar-refractivity contribution in [3.63, 3.8) is 0 Å². The molecule has 0 aromatic carbocycles. The molecule has 3 heterocycles. The Morgan fingerprint density at radius 3 is 2.58 bits per heavy atom. The van der Waals surface area contributed by atoms with Crippen LogP contribution < -0.4 is 10.5 Å². The van der Waals surface area contributed by atoms with Gasteiger partial charge in [0.05, 0.1) is 25.6 Å². The van der Waals surface area contributed by atoms with E-state index in [1.54, 1.807) is 21.6 Å². The second-order valence-corrected chi connectivity index (χ2v) is 14.0. The summed E-state index contributed by atoms with van der Waals surface area (Å²) in [6.07, 6.45) is -0.104. The summed E-state index contributed by atoms with van der Waals surface area (Å²) in [6.45, 7) is -0.474. The van der Waals surface area contributed by atoms with E-state index in [2.05, 4.69) is 28.1 Å². The summed E-state index contributed by atoms with van der Waals surface area (Å²) in [5.74, 6) is 0.739. The van der Waals surface area contributed by atoms with E-state index < -0.39 is 48.5 Å². The van der Waals surface area contributed by atoms with Gasteiger partial charge in [-0.2, -0.15) is 18.6 Å². The van der Waals surface area contributed by atoms with E-state index >= 15 is 0 Å². The third-order valence-corrected chi connectivity index (χ3v) is 9.84. The SMILES string of the molecule is CSSCCOc1nc(N)nc2c1ncn2[C@H]1C[C@@H](O)[C@@H](COP(=O)(O)OP(=O)(O)OP(=O)(O)O)O1. The Hall–Kier alpha value is -0.820. The highest BCUT2D eigenvalue weighted by Crippen LogP contribution is 2.66. The van der Waals surface area contributed by atoms with E-state index in [0.717, 1.165) is 0 Å². The van der Waals surface area contributed by atoms with E-state index in [4.69, 9.17) is 25.0 Å². The molecule has 1 aliphatic heterocycles. The van der Waals surface area contributed by atoms with Gasteiger partial charge < -0.3 is 39.9 Å². The Bertz CT molecular complexity index is 1210. The number of anilines is 1. The summed E-state index contributed by atoms with van der Waals surface area (Å²) in [7, 11) is -13.4. The molecule has 23 heteroatoms. The van der Waals surface area contributed by atoms with Crippen molar-refractivity contribution in [3.05, 3.63) is 6.33 Å². The molecule has 1 aliphatic rings. The zero-order valence-corrected chi connectivity index (χ0v) is 22.5. The lowest BCUT2D eigenvalue weighted by Crippen LogP contribution is -2.26. The quantitative estimate of drug-likeness (QED) is 0.103. The van der Waals surface area contributed by atoms with Crippen molar-refractivity contribution in [3.8, 4) is 5.88 Å². The lowest BCUT2D eigenvalue weighted by Gasteiger charge is -2.19. The number of aromatic nitrogens is 4. The summed E-state index contributed by atoms with van der Waals surface area (Å²) in [5, 5.41) is 10.3. The van der Waals surface area contributed by atoms with Gasteiger partial charge in [0.15, 0.2) is 11.2 Å². The largest absolute Gasteiger partial charge is 0.490 e. The Balaban J connectivity index is 1.67. The molecule has 18 nitrogen and oxygen atoms in total. The van der Waals surface area contributed by atoms with Gasteiger partial charge in [-0.25, -0.2) is 18.7 Å². The molecular formula is C13H22N5O13P3S2. The van der Waals surface area contributed by atoms with Gasteiger partial charge in [0.2, 0.25) is 11.8 Å². The van der Waals surface area contributed by atoms with Crippen LogP contribution in [0.15, 0.2) is 6.33 Å². The van der Waals surface area contributed by atoms with Gasteiger partial charge in [-0.3, -0.25) is 9.09 Å². The number of hydrogen-bond acceptors (Lipinski definition) is 15. The fourth-order valence-corrected chi connectivity index (χ4v) is 7.03. The van der Waals surface area contributed by atoms with E-state index in [1.807, 2.05) is 6.26 Å². The van der Waals surface area contributed by atoms with Crippen molar-refractivity contribution in [2.24, 2.45) is 0 Å². The van der Waals surface area contributed by atoms with Crippen LogP contribution in [0.4, 0.5) is 5.95 Å². The minimum absolute atomic E-state index is 0.0413. The molecule has 1 fully saturated rings. The van der Waals surface area contributed by atoms with Crippen molar-refractivity contribution < 1.29 is 61.0 Å². The van der Waals surface area contributed by atoms with Gasteiger partial charge in [-0.15, -0.1) is 0 Å². The highest BCUT2D eigenvalue weighted by Gasteiger charge is 2.43. The Morgan fingerprint density at radius 1 is 1.19 bits per heavy atom. The predicted octanol–water partition coefficient (Wildman–Crippen LogP) is 0.790. The number of phosphoric ester groups is 1. The number of aliphatic hydroxyl groups is 1. The van der Waals surface area contributed by atoms with Crippen LogP contribution in [0.25, 0.3) is 11.2 Å². The molecule has 5 atom stereocenters. The third kappa shape index (κ3) is 8.34. The Labute approximate surface area is 210 Å². The topological polar surface area (TPSA) is 268 Å². The van der Waals surface area contributed by atoms with Crippen LogP contribution in [-0.2, 0) is 31.6 Å². The fourth-order valence-electron chi connectivity index (χ4n) is 2.98. The average molecular weight is 613 g/mol. The number of imidazole rings is 1. The average Bonchev–Trinajstić information content (AvgIpc) is 3.30. The van der Waals surface area contributed by atoms with Crippen LogP contribution in [0, 0.1) is 0 Å². The molecule has 0 amide bonds. The standard InChI is InChI=1S/C13H22N5O13P3S2/c1-35-36-3-2-27-12-10-11(16-13(14)17-12)18(6-15-10)9-4-7(19)8(29-9)5-28-33(23,24)31-34(25,26)30-32(20,21)22/h6-9,19H,2-5H2,1H3,(H,23,24)(H,25,26)(H2,14,16,17)(H2,20,21,22)/t7-,8-,9-/m1/s1. The summed E-state index contributed by atoms with van der Waals surface area (Å²) in [4.78, 5) is 48.3. The molecule has 0 radical (unpaired) electrons. The first-order valence-corrected chi connectivity index (χ1v) is 16.8. The van der Waals surface area contributed by atoms with Crippen molar-refractivity contribution in [1.29, 1.82) is 0 Å². The molecule has 0 bridgehead atoms. The Morgan fingerprint density at radius 2 is 1.92 bits per heavy atom. The molecular weight excluding hydrogens is 591 g/mol. The van der Waals surface area contributed by atoms with Gasteiger partial charge in [0.1, 0.15) is 12.3 Å². The molecule has 0 aliphatic carbocycles. The molecule has 7 N–H and O–H groups in total. The zero-order valence-electron chi connectivity index (χ0n) is 18.2.